The first-order valence-corrected chi connectivity index (χ1v) is 20.1. The van der Waals surface area contributed by atoms with Gasteiger partial charge >= 0.3 is 11.9 Å². The zero-order valence-electron chi connectivity index (χ0n) is 29.1. The number of aliphatic carboxylic acids is 2. The van der Waals surface area contributed by atoms with Crippen LogP contribution in [-0.2, 0) is 35.6 Å². The van der Waals surface area contributed by atoms with E-state index < -0.39 is 11.9 Å². The Labute approximate surface area is 341 Å². The Morgan fingerprint density at radius 2 is 1.13 bits per heavy atom. The van der Waals surface area contributed by atoms with Crippen LogP contribution in [0.4, 0.5) is 20.2 Å². The van der Waals surface area contributed by atoms with E-state index in [0.717, 1.165) is 35.3 Å². The molecule has 4 aromatic carbocycles. The number of rotatable bonds is 16. The standard InChI is InChI=1S/C20H20Br2FNO3.C19H20Br2FNO3/c21-16-8-12(4-7-19(25)26)9-17(22)20(16)27-11-13-10-15(5-6-18(13)23)24-14-2-1-3-14;1-11(2)23-14-4-5-17(22)13(9-14)10-26-19-15(20)7-12(8-16(19)21)3-6-18(24)25/h5-6,8-10,14,24H,1-4,7,11H2,(H,25,26);4-5,7-9,11,23H,3,6,10H2,1-2H3,(H,24,25). The van der Waals surface area contributed by atoms with E-state index >= 15 is 0 Å². The lowest BCUT2D eigenvalue weighted by Crippen LogP contribution is -2.27. The molecule has 0 aromatic heterocycles. The number of anilines is 2. The smallest absolute Gasteiger partial charge is 0.303 e. The van der Waals surface area contributed by atoms with E-state index in [-0.39, 0.29) is 43.7 Å². The molecule has 8 nitrogen and oxygen atoms in total. The number of carboxylic acids is 2. The summed E-state index contributed by atoms with van der Waals surface area (Å²) in [7, 11) is 0. The van der Waals surface area contributed by atoms with E-state index in [4.69, 9.17) is 19.7 Å². The van der Waals surface area contributed by atoms with Crippen molar-refractivity contribution in [3.05, 3.63) is 112 Å². The molecule has 0 amide bonds. The molecule has 4 N–H and O–H groups in total. The normalized spacial score (nSPS) is 12.4. The van der Waals surface area contributed by atoms with Crippen molar-refractivity contribution in [2.24, 2.45) is 0 Å². The van der Waals surface area contributed by atoms with E-state index in [0.29, 0.717) is 59.4 Å². The Morgan fingerprint density at radius 1 is 0.717 bits per heavy atom. The third-order valence-corrected chi connectivity index (χ3v) is 10.5. The lowest BCUT2D eigenvalue weighted by Gasteiger charge is -2.27. The van der Waals surface area contributed by atoms with Gasteiger partial charge in [-0.1, -0.05) is 0 Å². The molecule has 284 valence electrons. The Bertz CT molecular complexity index is 1860. The second-order valence-corrected chi connectivity index (χ2v) is 16.2. The number of hydrogen-bond acceptors (Lipinski definition) is 6. The average molecular weight is 990 g/mol. The summed E-state index contributed by atoms with van der Waals surface area (Å²) in [6, 6.07) is 17.9. The molecule has 1 aliphatic carbocycles. The fourth-order valence-corrected chi connectivity index (χ4v) is 8.28. The molecule has 53 heavy (non-hydrogen) atoms. The van der Waals surface area contributed by atoms with Gasteiger partial charge in [0.25, 0.3) is 0 Å². The van der Waals surface area contributed by atoms with Gasteiger partial charge in [-0.2, -0.15) is 0 Å². The number of aryl methyl sites for hydroxylation is 2. The molecule has 1 aliphatic rings. The van der Waals surface area contributed by atoms with Crippen LogP contribution in [-0.4, -0.2) is 34.2 Å². The molecule has 0 bridgehead atoms. The van der Waals surface area contributed by atoms with Gasteiger partial charge in [-0.05, 0) is 181 Å². The second kappa shape index (κ2) is 20.5. The van der Waals surface area contributed by atoms with Crippen LogP contribution in [0.5, 0.6) is 11.5 Å². The monoisotopic (exact) mass is 986 g/mol. The van der Waals surface area contributed by atoms with E-state index in [9.17, 15) is 18.4 Å². The third kappa shape index (κ3) is 13.6. The van der Waals surface area contributed by atoms with E-state index in [1.807, 2.05) is 38.1 Å². The van der Waals surface area contributed by atoms with Crippen LogP contribution in [0.2, 0.25) is 0 Å². The molecule has 1 saturated carbocycles. The predicted octanol–water partition coefficient (Wildman–Crippen LogP) is 11.7. The first-order valence-electron chi connectivity index (χ1n) is 16.9. The van der Waals surface area contributed by atoms with Crippen LogP contribution < -0.4 is 20.1 Å². The van der Waals surface area contributed by atoms with Gasteiger partial charge in [-0.25, -0.2) is 8.78 Å². The summed E-state index contributed by atoms with van der Waals surface area (Å²) in [5, 5.41) is 24.2. The highest BCUT2D eigenvalue weighted by Gasteiger charge is 2.18. The molecular weight excluding hydrogens is 950 g/mol. The number of halogens is 6. The van der Waals surface area contributed by atoms with Crippen LogP contribution in [0.15, 0.2) is 78.6 Å². The van der Waals surface area contributed by atoms with Crippen molar-refractivity contribution in [3.8, 4) is 11.5 Å². The highest BCUT2D eigenvalue weighted by Crippen LogP contribution is 2.37. The molecule has 0 saturated heterocycles. The molecule has 0 radical (unpaired) electrons. The van der Waals surface area contributed by atoms with Gasteiger partial charge in [0.15, 0.2) is 0 Å². The van der Waals surface area contributed by atoms with Crippen LogP contribution >= 0.6 is 63.7 Å². The Morgan fingerprint density at radius 3 is 1.51 bits per heavy atom. The zero-order chi connectivity index (χ0) is 38.7. The topological polar surface area (TPSA) is 117 Å². The summed E-state index contributed by atoms with van der Waals surface area (Å²) in [6.07, 6.45) is 4.50. The molecule has 0 spiro atoms. The molecule has 14 heteroatoms. The molecule has 0 heterocycles. The summed E-state index contributed by atoms with van der Waals surface area (Å²) in [6.45, 7) is 4.20. The number of carboxylic acid groups (broad SMARTS) is 2. The second-order valence-electron chi connectivity index (χ2n) is 12.8. The number of nitrogens with one attached hydrogen (secondary N) is 2. The molecule has 0 unspecified atom stereocenters. The number of benzene rings is 4. The molecule has 5 rings (SSSR count). The highest BCUT2D eigenvalue weighted by molar-refractivity contribution is 9.11. The Kier molecular flexibility index (Phi) is 16.4. The van der Waals surface area contributed by atoms with E-state index in [1.54, 1.807) is 24.3 Å². The Balaban J connectivity index is 0.000000237. The minimum Gasteiger partial charge on any atom is -0.486 e. The summed E-state index contributed by atoms with van der Waals surface area (Å²) < 4.78 is 42.6. The summed E-state index contributed by atoms with van der Waals surface area (Å²) >= 11 is 13.8. The SMILES string of the molecule is CC(C)Nc1ccc(F)c(COc2c(Br)cc(CCC(=O)O)cc2Br)c1.O=C(O)CCc1cc(Br)c(OCc2cc(NC3CCC3)ccc2F)c(Br)c1. The van der Waals surface area contributed by atoms with Gasteiger partial charge in [0, 0.05) is 47.4 Å². The zero-order valence-corrected chi connectivity index (χ0v) is 35.4. The van der Waals surface area contributed by atoms with Gasteiger partial charge in [-0.15, -0.1) is 0 Å². The summed E-state index contributed by atoms with van der Waals surface area (Å²) in [5.41, 5.74) is 4.41. The number of ether oxygens (including phenoxy) is 2. The van der Waals surface area contributed by atoms with Crippen molar-refractivity contribution in [1.82, 2.24) is 0 Å². The first-order chi connectivity index (χ1) is 25.2. The van der Waals surface area contributed by atoms with Crippen molar-refractivity contribution >= 4 is 87.0 Å². The summed E-state index contributed by atoms with van der Waals surface area (Å²) in [5.74, 6) is -1.21. The maximum absolute atomic E-state index is 14.2. The van der Waals surface area contributed by atoms with Crippen LogP contribution in [0.1, 0.15) is 68.2 Å². The van der Waals surface area contributed by atoms with Gasteiger partial charge < -0.3 is 30.3 Å². The minimum absolute atomic E-state index is 0.0555. The van der Waals surface area contributed by atoms with Gasteiger partial charge in [0.2, 0.25) is 0 Å². The van der Waals surface area contributed by atoms with Crippen molar-refractivity contribution in [3.63, 3.8) is 0 Å². The predicted molar refractivity (Wildman–Crippen MR) is 217 cm³/mol. The molecule has 4 aromatic rings. The van der Waals surface area contributed by atoms with E-state index in [1.165, 1.54) is 18.6 Å². The van der Waals surface area contributed by atoms with Gasteiger partial charge in [0.1, 0.15) is 36.3 Å². The van der Waals surface area contributed by atoms with Crippen molar-refractivity contribution in [2.75, 3.05) is 10.6 Å². The molecule has 0 atom stereocenters. The van der Waals surface area contributed by atoms with Crippen LogP contribution in [0.3, 0.4) is 0 Å². The fraction of sp³-hybridized carbons (Fsp3) is 0.333. The lowest BCUT2D eigenvalue weighted by atomic mass is 9.93. The highest BCUT2D eigenvalue weighted by atomic mass is 79.9. The fourth-order valence-electron chi connectivity index (χ4n) is 5.26. The minimum atomic E-state index is -0.845. The van der Waals surface area contributed by atoms with Crippen molar-refractivity contribution < 1.29 is 38.1 Å². The lowest BCUT2D eigenvalue weighted by molar-refractivity contribution is -0.138. The van der Waals surface area contributed by atoms with Gasteiger partial charge in [-0.3, -0.25) is 9.59 Å². The average Bonchev–Trinajstić information content (AvgIpc) is 3.06. The number of carbonyl (C=O) groups is 2. The van der Waals surface area contributed by atoms with E-state index in [2.05, 4.69) is 74.4 Å². The van der Waals surface area contributed by atoms with Crippen LogP contribution in [0, 0.1) is 11.6 Å². The molecule has 1 fully saturated rings. The Hall–Kier alpha value is -3.20. The summed E-state index contributed by atoms with van der Waals surface area (Å²) in [4.78, 5) is 21.4. The number of hydrogen-bond donors (Lipinski definition) is 4. The van der Waals surface area contributed by atoms with Crippen molar-refractivity contribution in [1.29, 1.82) is 0 Å². The maximum Gasteiger partial charge on any atom is 0.303 e. The largest absolute Gasteiger partial charge is 0.486 e. The quantitative estimate of drug-likeness (QED) is 0.0877. The molecular formula is C39H40Br4F2N2O6. The van der Waals surface area contributed by atoms with Crippen molar-refractivity contribution in [2.45, 2.75) is 84.1 Å². The van der Waals surface area contributed by atoms with Gasteiger partial charge in [0.05, 0.1) is 17.9 Å². The maximum atomic E-state index is 14.2. The third-order valence-electron chi connectivity index (χ3n) is 8.14. The van der Waals surface area contributed by atoms with Crippen LogP contribution in [0.25, 0.3) is 0 Å². The first kappa shape index (κ1) is 42.5. The molecule has 0 aliphatic heterocycles.